The smallest absolute Gasteiger partial charge is 0.273 e. The number of nitrogens with one attached hydrogen (secondary N) is 2. The third kappa shape index (κ3) is 3.68. The van der Waals surface area contributed by atoms with Crippen LogP contribution in [0, 0.1) is 21.4 Å². The number of nitrogen functional groups attached to an aromatic ring is 1. The molecule has 21 heavy (non-hydrogen) atoms. The standard InChI is InChI=1S/C14H13N5O2/c15-8-10-2-1-3-11(4-10)9-17-12-5-13(18-16)7-14(6-12)19(20)21/h1-7,17-18H,9,16H2. The van der Waals surface area contributed by atoms with Crippen LogP contribution in [0.2, 0.25) is 0 Å². The molecule has 2 rings (SSSR count). The quantitative estimate of drug-likeness (QED) is 0.440. The second-order valence-corrected chi connectivity index (χ2v) is 4.34. The van der Waals surface area contributed by atoms with Crippen LogP contribution in [0.3, 0.4) is 0 Å². The molecule has 0 saturated heterocycles. The van der Waals surface area contributed by atoms with E-state index < -0.39 is 4.92 Å². The molecule has 2 aromatic carbocycles. The van der Waals surface area contributed by atoms with Gasteiger partial charge in [0.05, 0.1) is 22.2 Å². The van der Waals surface area contributed by atoms with Gasteiger partial charge in [-0.25, -0.2) is 0 Å². The van der Waals surface area contributed by atoms with Gasteiger partial charge < -0.3 is 10.7 Å². The Labute approximate surface area is 121 Å². The fourth-order valence-corrected chi connectivity index (χ4v) is 1.86. The van der Waals surface area contributed by atoms with Crippen molar-refractivity contribution < 1.29 is 4.92 Å². The Morgan fingerprint density at radius 3 is 2.67 bits per heavy atom. The van der Waals surface area contributed by atoms with Crippen LogP contribution in [0.25, 0.3) is 0 Å². The molecule has 0 aliphatic heterocycles. The van der Waals surface area contributed by atoms with Crippen molar-refractivity contribution in [3.8, 4) is 6.07 Å². The number of anilines is 2. The van der Waals surface area contributed by atoms with Crippen molar-refractivity contribution in [2.45, 2.75) is 6.54 Å². The number of nitrogens with two attached hydrogens (primary N) is 1. The lowest BCUT2D eigenvalue weighted by atomic mass is 10.1. The van der Waals surface area contributed by atoms with Crippen LogP contribution in [0.5, 0.6) is 0 Å². The Kier molecular flexibility index (Phi) is 4.33. The van der Waals surface area contributed by atoms with Gasteiger partial charge in [-0.3, -0.25) is 16.0 Å². The van der Waals surface area contributed by atoms with Crippen LogP contribution in [-0.2, 0) is 6.54 Å². The van der Waals surface area contributed by atoms with Crippen molar-refractivity contribution in [2.75, 3.05) is 10.7 Å². The highest BCUT2D eigenvalue weighted by molar-refractivity contribution is 5.63. The van der Waals surface area contributed by atoms with Gasteiger partial charge >= 0.3 is 0 Å². The van der Waals surface area contributed by atoms with E-state index in [0.29, 0.717) is 23.5 Å². The molecule has 0 heterocycles. The van der Waals surface area contributed by atoms with Crippen molar-refractivity contribution in [1.82, 2.24) is 0 Å². The monoisotopic (exact) mass is 283 g/mol. The lowest BCUT2D eigenvalue weighted by molar-refractivity contribution is -0.384. The highest BCUT2D eigenvalue weighted by atomic mass is 16.6. The van der Waals surface area contributed by atoms with Gasteiger partial charge in [-0.1, -0.05) is 12.1 Å². The number of nitrogens with zero attached hydrogens (tertiary/aromatic N) is 2. The zero-order valence-electron chi connectivity index (χ0n) is 11.0. The second kappa shape index (κ2) is 6.36. The average Bonchev–Trinajstić information content (AvgIpc) is 2.52. The van der Waals surface area contributed by atoms with Gasteiger partial charge in [-0.15, -0.1) is 0 Å². The van der Waals surface area contributed by atoms with E-state index >= 15 is 0 Å². The molecule has 106 valence electrons. The summed E-state index contributed by atoms with van der Waals surface area (Å²) >= 11 is 0. The van der Waals surface area contributed by atoms with Crippen molar-refractivity contribution in [3.63, 3.8) is 0 Å². The number of hydrazine groups is 1. The SMILES string of the molecule is N#Cc1cccc(CNc2cc(NN)cc([N+](=O)[O-])c2)c1. The summed E-state index contributed by atoms with van der Waals surface area (Å²) in [5, 5.41) is 22.8. The molecule has 0 atom stereocenters. The number of benzene rings is 2. The molecule has 2 aromatic rings. The predicted octanol–water partition coefficient (Wildman–Crippen LogP) is 2.36. The van der Waals surface area contributed by atoms with E-state index in [4.69, 9.17) is 11.1 Å². The maximum Gasteiger partial charge on any atom is 0.273 e. The molecule has 0 bridgehead atoms. The van der Waals surface area contributed by atoms with E-state index in [0.717, 1.165) is 5.56 Å². The summed E-state index contributed by atoms with van der Waals surface area (Å²) in [4.78, 5) is 10.4. The molecule has 0 aromatic heterocycles. The third-order valence-corrected chi connectivity index (χ3v) is 2.85. The number of nitriles is 1. The number of rotatable bonds is 5. The third-order valence-electron chi connectivity index (χ3n) is 2.85. The van der Waals surface area contributed by atoms with Gasteiger partial charge in [0.1, 0.15) is 0 Å². The van der Waals surface area contributed by atoms with E-state index in [-0.39, 0.29) is 5.69 Å². The van der Waals surface area contributed by atoms with Crippen LogP contribution < -0.4 is 16.6 Å². The number of nitro groups is 1. The van der Waals surface area contributed by atoms with Gasteiger partial charge in [0, 0.05) is 24.4 Å². The zero-order valence-corrected chi connectivity index (χ0v) is 11.0. The highest BCUT2D eigenvalue weighted by Crippen LogP contribution is 2.24. The van der Waals surface area contributed by atoms with E-state index in [9.17, 15) is 10.1 Å². The molecule has 0 spiro atoms. The molecule has 7 heteroatoms. The maximum atomic E-state index is 10.9. The lowest BCUT2D eigenvalue weighted by Gasteiger charge is -2.09. The Hall–Kier alpha value is -3.11. The van der Waals surface area contributed by atoms with Crippen LogP contribution >= 0.6 is 0 Å². The number of hydrogen-bond donors (Lipinski definition) is 3. The van der Waals surface area contributed by atoms with Gasteiger partial charge in [-0.05, 0) is 23.8 Å². The van der Waals surface area contributed by atoms with Crippen LogP contribution in [-0.4, -0.2) is 4.92 Å². The van der Waals surface area contributed by atoms with Crippen LogP contribution in [0.1, 0.15) is 11.1 Å². The van der Waals surface area contributed by atoms with Crippen LogP contribution in [0.4, 0.5) is 17.1 Å². The molecule has 0 aliphatic rings. The molecule has 0 aliphatic carbocycles. The van der Waals surface area contributed by atoms with E-state index in [1.165, 1.54) is 12.1 Å². The molecular formula is C14H13N5O2. The van der Waals surface area contributed by atoms with Crippen LogP contribution in [0.15, 0.2) is 42.5 Å². The highest BCUT2D eigenvalue weighted by Gasteiger charge is 2.09. The summed E-state index contributed by atoms with van der Waals surface area (Å²) in [6, 6.07) is 13.6. The molecule has 0 unspecified atom stereocenters. The average molecular weight is 283 g/mol. The van der Waals surface area contributed by atoms with Gasteiger partial charge in [0.2, 0.25) is 0 Å². The van der Waals surface area contributed by atoms with Crippen molar-refractivity contribution in [2.24, 2.45) is 5.84 Å². The number of nitro benzene ring substituents is 1. The fourth-order valence-electron chi connectivity index (χ4n) is 1.86. The molecule has 0 fully saturated rings. The summed E-state index contributed by atoms with van der Waals surface area (Å²) in [6.07, 6.45) is 0. The fraction of sp³-hybridized carbons (Fsp3) is 0.0714. The van der Waals surface area contributed by atoms with E-state index in [2.05, 4.69) is 16.8 Å². The summed E-state index contributed by atoms with van der Waals surface area (Å²) < 4.78 is 0. The molecule has 7 nitrogen and oxygen atoms in total. The Balaban J connectivity index is 2.17. The second-order valence-electron chi connectivity index (χ2n) is 4.34. The first kappa shape index (κ1) is 14.3. The lowest BCUT2D eigenvalue weighted by Crippen LogP contribution is -2.08. The zero-order chi connectivity index (χ0) is 15.2. The molecule has 4 N–H and O–H groups in total. The molecular weight excluding hydrogens is 270 g/mol. The van der Waals surface area contributed by atoms with Crippen molar-refractivity contribution >= 4 is 17.1 Å². The first-order chi connectivity index (χ1) is 10.1. The Bertz CT molecular complexity index is 709. The minimum absolute atomic E-state index is 0.0567. The molecule has 0 radical (unpaired) electrons. The molecule has 0 amide bonds. The summed E-state index contributed by atoms with van der Waals surface area (Å²) in [5.74, 6) is 5.30. The first-order valence-electron chi connectivity index (χ1n) is 6.11. The topological polar surface area (TPSA) is 117 Å². The summed E-state index contributed by atoms with van der Waals surface area (Å²) in [6.45, 7) is 0.445. The first-order valence-corrected chi connectivity index (χ1v) is 6.11. The molecule has 0 saturated carbocycles. The summed E-state index contributed by atoms with van der Waals surface area (Å²) in [7, 11) is 0. The van der Waals surface area contributed by atoms with Crippen molar-refractivity contribution in [3.05, 3.63) is 63.7 Å². The van der Waals surface area contributed by atoms with E-state index in [1.807, 2.05) is 6.07 Å². The minimum atomic E-state index is -0.484. The van der Waals surface area contributed by atoms with Crippen molar-refractivity contribution in [1.29, 1.82) is 5.26 Å². The summed E-state index contributed by atoms with van der Waals surface area (Å²) in [5.41, 5.74) is 4.82. The van der Waals surface area contributed by atoms with Gasteiger partial charge in [0.25, 0.3) is 5.69 Å². The van der Waals surface area contributed by atoms with E-state index in [1.54, 1.807) is 24.3 Å². The normalized spacial score (nSPS) is 9.71. The van der Waals surface area contributed by atoms with Gasteiger partial charge in [-0.2, -0.15) is 5.26 Å². The largest absolute Gasteiger partial charge is 0.381 e. The minimum Gasteiger partial charge on any atom is -0.381 e. The Morgan fingerprint density at radius 2 is 2.00 bits per heavy atom. The van der Waals surface area contributed by atoms with Gasteiger partial charge in [0.15, 0.2) is 0 Å². The maximum absolute atomic E-state index is 10.9. The Morgan fingerprint density at radius 1 is 1.24 bits per heavy atom. The predicted molar refractivity (Wildman–Crippen MR) is 79.4 cm³/mol. The number of non-ortho nitro benzene ring substituents is 1. The number of hydrogen-bond acceptors (Lipinski definition) is 6.